The second-order valence-electron chi connectivity index (χ2n) is 6.43. The molecule has 5 nitrogen and oxygen atoms in total. The Hall–Kier alpha value is -1.59. The van der Waals surface area contributed by atoms with Gasteiger partial charge in [-0.05, 0) is 56.8 Å². The lowest BCUT2D eigenvalue weighted by Gasteiger charge is -2.26. The molecule has 3 N–H and O–H groups in total. The number of rotatable bonds is 8. The molecule has 1 aliphatic heterocycles. The molecule has 1 aromatic rings. The van der Waals surface area contributed by atoms with Crippen molar-refractivity contribution >= 4 is 29.9 Å². The molecule has 2 amide bonds. The fourth-order valence-corrected chi connectivity index (χ4v) is 3.02. The number of hydrogen-bond donors (Lipinski definition) is 2. The first-order chi connectivity index (χ1) is 11.7. The number of carbonyl (C=O) groups is 2. The van der Waals surface area contributed by atoms with Gasteiger partial charge in [0.15, 0.2) is 0 Å². The Balaban J connectivity index is 0.00000312. The van der Waals surface area contributed by atoms with Gasteiger partial charge in [-0.2, -0.15) is 0 Å². The molecule has 0 atom stereocenters. The van der Waals surface area contributed by atoms with Crippen LogP contribution in [-0.4, -0.2) is 36.3 Å². The number of nitrogens with two attached hydrogens (primary N) is 1. The van der Waals surface area contributed by atoms with Crippen LogP contribution < -0.4 is 11.1 Å². The Morgan fingerprint density at radius 3 is 2.48 bits per heavy atom. The molecule has 6 heteroatoms. The van der Waals surface area contributed by atoms with E-state index in [0.717, 1.165) is 51.6 Å². The van der Waals surface area contributed by atoms with Gasteiger partial charge in [-0.25, -0.2) is 0 Å². The number of carbonyl (C=O) groups excluding carboxylic acids is 2. The van der Waals surface area contributed by atoms with Gasteiger partial charge < -0.3 is 16.0 Å². The molecule has 1 fully saturated rings. The van der Waals surface area contributed by atoms with E-state index in [2.05, 4.69) is 5.32 Å². The van der Waals surface area contributed by atoms with Crippen LogP contribution >= 0.6 is 12.4 Å². The molecule has 0 spiro atoms. The molecule has 0 aromatic heterocycles. The molecular weight excluding hydrogens is 338 g/mol. The summed E-state index contributed by atoms with van der Waals surface area (Å²) in [6.45, 7) is 2.38. The number of amides is 2. The summed E-state index contributed by atoms with van der Waals surface area (Å²) in [7, 11) is 0. The predicted molar refractivity (Wildman–Crippen MR) is 104 cm³/mol. The summed E-state index contributed by atoms with van der Waals surface area (Å²) in [5.41, 5.74) is 6.80. The van der Waals surface area contributed by atoms with Crippen molar-refractivity contribution in [1.29, 1.82) is 0 Å². The van der Waals surface area contributed by atoms with E-state index in [4.69, 9.17) is 5.73 Å². The third kappa shape index (κ3) is 7.45. The normalized spacial score (nSPS) is 13.9. The first kappa shape index (κ1) is 21.5. The molecular formula is C19H30ClN3O2. The van der Waals surface area contributed by atoms with E-state index in [1.807, 2.05) is 23.1 Å². The van der Waals surface area contributed by atoms with Crippen LogP contribution in [0.5, 0.6) is 0 Å². The molecule has 0 aliphatic carbocycles. The largest absolute Gasteiger partial charge is 0.339 e. The van der Waals surface area contributed by atoms with Crippen molar-refractivity contribution in [3.8, 4) is 0 Å². The zero-order valence-corrected chi connectivity index (χ0v) is 15.7. The smallest absolute Gasteiger partial charge is 0.253 e. The van der Waals surface area contributed by atoms with Crippen molar-refractivity contribution in [2.24, 2.45) is 5.73 Å². The maximum atomic E-state index is 12.5. The standard InChI is InChI=1S/C19H29N3O2.ClH/c20-12-5-2-1-4-11-18(23)21-17-10-8-9-16(15-17)19(24)22-13-6-3-7-14-22;/h8-10,15H,1-7,11-14,20H2,(H,21,23);1H. The Labute approximate surface area is 156 Å². The number of unbranched alkanes of at least 4 members (excludes halogenated alkanes) is 3. The monoisotopic (exact) mass is 367 g/mol. The van der Waals surface area contributed by atoms with E-state index in [9.17, 15) is 9.59 Å². The van der Waals surface area contributed by atoms with Crippen LogP contribution in [0.15, 0.2) is 24.3 Å². The summed E-state index contributed by atoms with van der Waals surface area (Å²) in [5.74, 6) is 0.0675. The van der Waals surface area contributed by atoms with Crippen LogP contribution in [0, 0.1) is 0 Å². The second-order valence-corrected chi connectivity index (χ2v) is 6.43. The van der Waals surface area contributed by atoms with Crippen molar-refractivity contribution in [2.45, 2.75) is 51.4 Å². The second kappa shape index (κ2) is 11.9. The average Bonchev–Trinajstić information content (AvgIpc) is 2.62. The summed E-state index contributed by atoms with van der Waals surface area (Å²) >= 11 is 0. The fraction of sp³-hybridized carbons (Fsp3) is 0.579. The van der Waals surface area contributed by atoms with E-state index >= 15 is 0 Å². The van der Waals surface area contributed by atoms with Gasteiger partial charge in [0.05, 0.1) is 0 Å². The van der Waals surface area contributed by atoms with Crippen LogP contribution in [0.3, 0.4) is 0 Å². The summed E-state index contributed by atoms with van der Waals surface area (Å²) in [4.78, 5) is 26.4. The third-order valence-corrected chi connectivity index (χ3v) is 4.39. The molecule has 0 saturated carbocycles. The van der Waals surface area contributed by atoms with E-state index in [0.29, 0.717) is 24.2 Å². The van der Waals surface area contributed by atoms with Gasteiger partial charge in [0.25, 0.3) is 5.91 Å². The Bertz CT molecular complexity index is 545. The number of piperidine rings is 1. The van der Waals surface area contributed by atoms with Gasteiger partial charge in [-0.1, -0.05) is 18.9 Å². The Kier molecular flexibility index (Phi) is 10.2. The lowest BCUT2D eigenvalue weighted by molar-refractivity contribution is -0.116. The fourth-order valence-electron chi connectivity index (χ4n) is 3.02. The van der Waals surface area contributed by atoms with E-state index in [-0.39, 0.29) is 24.2 Å². The summed E-state index contributed by atoms with van der Waals surface area (Å²) in [5, 5.41) is 2.90. The Morgan fingerprint density at radius 2 is 1.76 bits per heavy atom. The molecule has 2 rings (SSSR count). The SMILES string of the molecule is Cl.NCCCCCCC(=O)Nc1cccc(C(=O)N2CCCCC2)c1. The molecule has 140 valence electrons. The van der Waals surface area contributed by atoms with Crippen LogP contribution in [-0.2, 0) is 4.79 Å². The van der Waals surface area contributed by atoms with Crippen LogP contribution in [0.2, 0.25) is 0 Å². The van der Waals surface area contributed by atoms with Gasteiger partial charge in [0, 0.05) is 30.8 Å². The van der Waals surface area contributed by atoms with Crippen molar-refractivity contribution < 1.29 is 9.59 Å². The van der Waals surface area contributed by atoms with Gasteiger partial charge in [-0.3, -0.25) is 9.59 Å². The number of hydrogen-bond acceptors (Lipinski definition) is 3. The number of likely N-dealkylation sites (tertiary alicyclic amines) is 1. The minimum Gasteiger partial charge on any atom is -0.339 e. The highest BCUT2D eigenvalue weighted by Crippen LogP contribution is 2.17. The van der Waals surface area contributed by atoms with Crippen LogP contribution in [0.25, 0.3) is 0 Å². The Morgan fingerprint density at radius 1 is 1.04 bits per heavy atom. The number of nitrogens with one attached hydrogen (secondary N) is 1. The zero-order valence-electron chi connectivity index (χ0n) is 14.8. The van der Waals surface area contributed by atoms with E-state index in [1.165, 1.54) is 6.42 Å². The minimum absolute atomic E-state index is 0. The zero-order chi connectivity index (χ0) is 17.2. The summed E-state index contributed by atoms with van der Waals surface area (Å²) < 4.78 is 0. The topological polar surface area (TPSA) is 75.4 Å². The predicted octanol–water partition coefficient (Wildman–Crippen LogP) is 3.58. The quantitative estimate of drug-likeness (QED) is 0.689. The van der Waals surface area contributed by atoms with Gasteiger partial charge in [0.2, 0.25) is 5.91 Å². The highest BCUT2D eigenvalue weighted by Gasteiger charge is 2.18. The maximum Gasteiger partial charge on any atom is 0.253 e. The van der Waals surface area contributed by atoms with Crippen molar-refractivity contribution in [3.05, 3.63) is 29.8 Å². The molecule has 1 heterocycles. The number of anilines is 1. The highest BCUT2D eigenvalue weighted by molar-refractivity contribution is 5.97. The van der Waals surface area contributed by atoms with Crippen molar-refractivity contribution in [1.82, 2.24) is 4.90 Å². The number of halogens is 1. The van der Waals surface area contributed by atoms with E-state index < -0.39 is 0 Å². The van der Waals surface area contributed by atoms with Gasteiger partial charge in [0.1, 0.15) is 0 Å². The maximum absolute atomic E-state index is 12.5. The molecule has 1 aromatic carbocycles. The number of benzene rings is 1. The summed E-state index contributed by atoms with van der Waals surface area (Å²) in [6.07, 6.45) is 7.85. The van der Waals surface area contributed by atoms with Crippen molar-refractivity contribution in [3.63, 3.8) is 0 Å². The third-order valence-electron chi connectivity index (χ3n) is 4.39. The summed E-state index contributed by atoms with van der Waals surface area (Å²) in [6, 6.07) is 7.26. The van der Waals surface area contributed by atoms with Crippen LogP contribution in [0.1, 0.15) is 61.7 Å². The lowest BCUT2D eigenvalue weighted by Crippen LogP contribution is -2.35. The molecule has 25 heavy (non-hydrogen) atoms. The first-order valence-electron chi connectivity index (χ1n) is 9.10. The molecule has 1 saturated heterocycles. The minimum atomic E-state index is 0. The van der Waals surface area contributed by atoms with Gasteiger partial charge >= 0.3 is 0 Å². The first-order valence-corrected chi connectivity index (χ1v) is 9.10. The molecule has 0 radical (unpaired) electrons. The molecule has 0 unspecified atom stereocenters. The average molecular weight is 368 g/mol. The molecule has 1 aliphatic rings. The van der Waals surface area contributed by atoms with Crippen molar-refractivity contribution in [2.75, 3.05) is 25.0 Å². The van der Waals surface area contributed by atoms with E-state index in [1.54, 1.807) is 6.07 Å². The highest BCUT2D eigenvalue weighted by atomic mass is 35.5. The van der Waals surface area contributed by atoms with Gasteiger partial charge in [-0.15, -0.1) is 12.4 Å². The molecule has 0 bridgehead atoms. The number of nitrogens with zero attached hydrogens (tertiary/aromatic N) is 1. The lowest BCUT2D eigenvalue weighted by atomic mass is 10.1. The van der Waals surface area contributed by atoms with Crippen LogP contribution in [0.4, 0.5) is 5.69 Å².